The normalized spacial score (nSPS) is 20.9. The van der Waals surface area contributed by atoms with E-state index in [4.69, 9.17) is 16.3 Å². The molecule has 0 unspecified atom stereocenters. The molecule has 1 aromatic rings. The third-order valence-electron chi connectivity index (χ3n) is 3.44. The van der Waals surface area contributed by atoms with E-state index >= 15 is 0 Å². The molecule has 1 aromatic heterocycles. The highest BCUT2D eigenvalue weighted by Crippen LogP contribution is 2.26. The number of hydrogen-bond donors (Lipinski definition) is 1. The fourth-order valence-corrected chi connectivity index (χ4v) is 2.48. The SMILES string of the molecule is CCCCc1nc(Cl)c(CN2CCO[C@H](C(F)(F)F)C2)[nH]1. The van der Waals surface area contributed by atoms with Crippen molar-refractivity contribution in [3.63, 3.8) is 0 Å². The Kier molecular flexibility index (Phi) is 5.51. The first-order valence-corrected chi connectivity index (χ1v) is 7.42. The van der Waals surface area contributed by atoms with Gasteiger partial charge in [-0.15, -0.1) is 0 Å². The van der Waals surface area contributed by atoms with E-state index < -0.39 is 12.3 Å². The van der Waals surface area contributed by atoms with Gasteiger partial charge in [0.1, 0.15) is 5.82 Å². The first-order valence-electron chi connectivity index (χ1n) is 7.04. The number of morpholine rings is 1. The molecule has 0 aromatic carbocycles. The van der Waals surface area contributed by atoms with Gasteiger partial charge in [0.2, 0.25) is 0 Å². The van der Waals surface area contributed by atoms with E-state index in [1.165, 1.54) is 0 Å². The van der Waals surface area contributed by atoms with Crippen LogP contribution in [0.1, 0.15) is 31.3 Å². The lowest BCUT2D eigenvalue weighted by Crippen LogP contribution is -2.48. The number of aryl methyl sites for hydroxylation is 1. The van der Waals surface area contributed by atoms with E-state index in [1.54, 1.807) is 4.90 Å². The molecule has 4 nitrogen and oxygen atoms in total. The Morgan fingerprint density at radius 3 is 2.90 bits per heavy atom. The highest BCUT2D eigenvalue weighted by molar-refractivity contribution is 6.30. The van der Waals surface area contributed by atoms with Gasteiger partial charge in [-0.1, -0.05) is 24.9 Å². The number of rotatable bonds is 5. The highest BCUT2D eigenvalue weighted by atomic mass is 35.5. The predicted octanol–water partition coefficient (Wildman–Crippen LogP) is 3.17. The molecule has 1 aliphatic heterocycles. The van der Waals surface area contributed by atoms with Crippen molar-refractivity contribution in [3.8, 4) is 0 Å². The average Bonchev–Trinajstić information content (AvgIpc) is 2.76. The minimum Gasteiger partial charge on any atom is -0.366 e. The first kappa shape index (κ1) is 16.6. The number of aromatic amines is 1. The molecule has 1 fully saturated rings. The molecule has 120 valence electrons. The topological polar surface area (TPSA) is 41.2 Å². The molecule has 0 radical (unpaired) electrons. The minimum atomic E-state index is -4.33. The summed E-state index contributed by atoms with van der Waals surface area (Å²) in [6.07, 6.45) is -3.22. The van der Waals surface area contributed by atoms with Crippen molar-refractivity contribution in [2.75, 3.05) is 19.7 Å². The molecule has 1 saturated heterocycles. The molecule has 0 amide bonds. The van der Waals surface area contributed by atoms with E-state index in [2.05, 4.69) is 16.9 Å². The first-order chi connectivity index (χ1) is 9.90. The van der Waals surface area contributed by atoms with E-state index in [0.29, 0.717) is 23.9 Å². The molecular formula is C13H19ClF3N3O. The number of ether oxygens (including phenoxy) is 1. The third kappa shape index (κ3) is 4.59. The summed E-state index contributed by atoms with van der Waals surface area (Å²) in [6.45, 7) is 2.75. The lowest BCUT2D eigenvalue weighted by molar-refractivity contribution is -0.237. The molecule has 1 aliphatic rings. The fourth-order valence-electron chi connectivity index (χ4n) is 2.27. The Bertz CT molecular complexity index is 464. The van der Waals surface area contributed by atoms with Crippen molar-refractivity contribution in [2.45, 2.75) is 45.0 Å². The van der Waals surface area contributed by atoms with Crippen LogP contribution >= 0.6 is 11.6 Å². The molecule has 2 rings (SSSR count). The Morgan fingerprint density at radius 1 is 1.48 bits per heavy atom. The van der Waals surface area contributed by atoms with Gasteiger partial charge in [-0.2, -0.15) is 13.2 Å². The maximum atomic E-state index is 12.7. The van der Waals surface area contributed by atoms with Crippen LogP contribution in [0.3, 0.4) is 0 Å². The second kappa shape index (κ2) is 6.98. The number of unbranched alkanes of at least 4 members (excludes halogenated alkanes) is 1. The molecule has 8 heteroatoms. The van der Waals surface area contributed by atoms with Crippen LogP contribution in [0.15, 0.2) is 0 Å². The smallest absolute Gasteiger partial charge is 0.366 e. The molecule has 21 heavy (non-hydrogen) atoms. The van der Waals surface area contributed by atoms with Crippen molar-refractivity contribution >= 4 is 11.6 Å². The molecule has 1 N–H and O–H groups in total. The van der Waals surface area contributed by atoms with Gasteiger partial charge in [0, 0.05) is 26.1 Å². The fraction of sp³-hybridized carbons (Fsp3) is 0.769. The standard InChI is InChI=1S/C13H19ClF3N3O/c1-2-3-4-11-18-9(12(14)19-11)7-20-5-6-21-10(8-20)13(15,16)17/h10H,2-8H2,1H3,(H,18,19)/t10-/m0/s1. The summed E-state index contributed by atoms with van der Waals surface area (Å²) in [5.74, 6) is 0.789. The van der Waals surface area contributed by atoms with Crippen molar-refractivity contribution in [2.24, 2.45) is 0 Å². The molecule has 0 aliphatic carbocycles. The largest absolute Gasteiger partial charge is 0.415 e. The summed E-state index contributed by atoms with van der Waals surface area (Å²) in [4.78, 5) is 9.01. The molecule has 2 heterocycles. The molecule has 0 spiro atoms. The summed E-state index contributed by atoms with van der Waals surface area (Å²) >= 11 is 6.05. The number of alkyl halides is 3. The van der Waals surface area contributed by atoms with Gasteiger partial charge in [-0.3, -0.25) is 4.90 Å². The maximum absolute atomic E-state index is 12.7. The van der Waals surface area contributed by atoms with Crippen molar-refractivity contribution < 1.29 is 17.9 Å². The van der Waals surface area contributed by atoms with Gasteiger partial charge in [0.25, 0.3) is 0 Å². The van der Waals surface area contributed by atoms with Crippen LogP contribution in [-0.2, 0) is 17.7 Å². The van der Waals surface area contributed by atoms with Gasteiger partial charge in [-0.05, 0) is 6.42 Å². The van der Waals surface area contributed by atoms with E-state index in [0.717, 1.165) is 25.1 Å². The van der Waals surface area contributed by atoms with Crippen LogP contribution in [0.4, 0.5) is 13.2 Å². The Hall–Kier alpha value is -0.790. The number of hydrogen-bond acceptors (Lipinski definition) is 3. The van der Waals surface area contributed by atoms with Gasteiger partial charge < -0.3 is 9.72 Å². The highest BCUT2D eigenvalue weighted by Gasteiger charge is 2.43. The number of nitrogens with zero attached hydrogens (tertiary/aromatic N) is 2. The lowest BCUT2D eigenvalue weighted by Gasteiger charge is -2.33. The monoisotopic (exact) mass is 325 g/mol. The average molecular weight is 326 g/mol. The van der Waals surface area contributed by atoms with Crippen LogP contribution in [0.2, 0.25) is 5.15 Å². The van der Waals surface area contributed by atoms with E-state index in [9.17, 15) is 13.2 Å². The van der Waals surface area contributed by atoms with Crippen LogP contribution in [-0.4, -0.2) is 46.8 Å². The van der Waals surface area contributed by atoms with E-state index in [-0.39, 0.29) is 13.2 Å². The Morgan fingerprint density at radius 2 is 2.24 bits per heavy atom. The second-order valence-corrected chi connectivity index (χ2v) is 5.55. The zero-order chi connectivity index (χ0) is 15.5. The van der Waals surface area contributed by atoms with Crippen molar-refractivity contribution in [1.82, 2.24) is 14.9 Å². The molecular weight excluding hydrogens is 307 g/mol. The van der Waals surface area contributed by atoms with Crippen LogP contribution in [0.25, 0.3) is 0 Å². The minimum absolute atomic E-state index is 0.0681. The van der Waals surface area contributed by atoms with Crippen molar-refractivity contribution in [1.29, 1.82) is 0 Å². The molecule has 0 saturated carbocycles. The number of H-pyrrole nitrogens is 1. The predicted molar refractivity (Wildman–Crippen MR) is 73.3 cm³/mol. The van der Waals surface area contributed by atoms with Gasteiger partial charge in [0.15, 0.2) is 11.3 Å². The Labute approximate surface area is 126 Å². The molecule has 1 atom stereocenters. The van der Waals surface area contributed by atoms with Gasteiger partial charge >= 0.3 is 6.18 Å². The third-order valence-corrected chi connectivity index (χ3v) is 3.75. The quantitative estimate of drug-likeness (QED) is 0.904. The van der Waals surface area contributed by atoms with E-state index in [1.807, 2.05) is 0 Å². The summed E-state index contributed by atoms with van der Waals surface area (Å²) in [7, 11) is 0. The molecule has 0 bridgehead atoms. The number of aromatic nitrogens is 2. The summed E-state index contributed by atoms with van der Waals surface area (Å²) in [5.41, 5.74) is 0.672. The van der Waals surface area contributed by atoms with Gasteiger partial charge in [-0.25, -0.2) is 4.98 Å². The summed E-state index contributed by atoms with van der Waals surface area (Å²) in [5, 5.41) is 0.344. The van der Waals surface area contributed by atoms with Crippen LogP contribution in [0.5, 0.6) is 0 Å². The zero-order valence-electron chi connectivity index (χ0n) is 11.8. The number of imidazole rings is 1. The van der Waals surface area contributed by atoms with Crippen LogP contribution in [0, 0.1) is 0 Å². The van der Waals surface area contributed by atoms with Crippen LogP contribution < -0.4 is 0 Å². The van der Waals surface area contributed by atoms with Gasteiger partial charge in [0.05, 0.1) is 12.3 Å². The van der Waals surface area contributed by atoms with Crippen molar-refractivity contribution in [3.05, 3.63) is 16.7 Å². The maximum Gasteiger partial charge on any atom is 0.415 e. The second-order valence-electron chi connectivity index (χ2n) is 5.19. The summed E-state index contributed by atoms with van der Waals surface area (Å²) in [6, 6.07) is 0. The zero-order valence-corrected chi connectivity index (χ0v) is 12.6. The Balaban J connectivity index is 1.96. The lowest BCUT2D eigenvalue weighted by atomic mass is 10.2. The number of halogens is 4. The summed E-state index contributed by atoms with van der Waals surface area (Å²) < 4.78 is 42.8. The number of nitrogens with one attached hydrogen (secondary N) is 1.